The number of fused-ring (bicyclic) bond motifs is 2. The molecule has 134 valence electrons. The zero-order chi connectivity index (χ0) is 18.4. The second-order valence-corrected chi connectivity index (χ2v) is 7.66. The topological polar surface area (TPSA) is 70.7 Å². The Hall–Kier alpha value is -2.96. The van der Waals surface area contributed by atoms with Crippen molar-refractivity contribution in [2.45, 2.75) is 18.5 Å². The number of carbonyl (C=O) groups is 1. The first kappa shape index (κ1) is 16.2. The van der Waals surface area contributed by atoms with Crippen LogP contribution in [0.2, 0.25) is 0 Å². The molecule has 0 saturated heterocycles. The molecule has 0 radical (unpaired) electrons. The lowest BCUT2D eigenvalue weighted by Gasteiger charge is -2.30. The van der Waals surface area contributed by atoms with Gasteiger partial charge in [-0.1, -0.05) is 24.3 Å². The summed E-state index contributed by atoms with van der Waals surface area (Å²) in [6.07, 6.45) is 2.32. The Morgan fingerprint density at radius 1 is 1.11 bits per heavy atom. The third kappa shape index (κ3) is 2.74. The van der Waals surface area contributed by atoms with Crippen LogP contribution in [-0.4, -0.2) is 12.2 Å². The molecule has 0 bridgehead atoms. The minimum absolute atomic E-state index is 0.0422. The second kappa shape index (κ2) is 6.33. The summed E-state index contributed by atoms with van der Waals surface area (Å²) < 4.78 is 0. The van der Waals surface area contributed by atoms with Gasteiger partial charge < -0.3 is 16.0 Å². The predicted octanol–water partition coefficient (Wildman–Crippen LogP) is 4.16. The van der Waals surface area contributed by atoms with E-state index in [2.05, 4.69) is 16.4 Å². The number of anilines is 2. The summed E-state index contributed by atoms with van der Waals surface area (Å²) in [5, 5.41) is 5.98. The molecule has 5 nitrogen and oxygen atoms in total. The van der Waals surface area contributed by atoms with Crippen molar-refractivity contribution in [3.8, 4) is 0 Å². The lowest BCUT2D eigenvalue weighted by molar-refractivity contribution is -0.118. The first-order valence-electron chi connectivity index (χ1n) is 8.85. The van der Waals surface area contributed by atoms with E-state index in [1.165, 1.54) is 5.56 Å². The number of hydrogen-bond donors (Lipinski definition) is 2. The SMILES string of the molecule is NC1c2ccsc2N=CN1c1ccc(NC(=O)C2Cc3ccccc32)cc1. The maximum atomic E-state index is 12.5. The van der Waals surface area contributed by atoms with Gasteiger partial charge >= 0.3 is 0 Å². The van der Waals surface area contributed by atoms with E-state index in [4.69, 9.17) is 5.73 Å². The average molecular weight is 374 g/mol. The summed E-state index contributed by atoms with van der Waals surface area (Å²) in [5.74, 6) is -0.0128. The summed E-state index contributed by atoms with van der Waals surface area (Å²) in [5.41, 5.74) is 11.5. The molecule has 3 N–H and O–H groups in total. The minimum Gasteiger partial charge on any atom is -0.326 e. The Bertz CT molecular complexity index is 1040. The molecule has 1 amide bonds. The third-order valence-corrected chi connectivity index (χ3v) is 6.03. The van der Waals surface area contributed by atoms with Crippen LogP contribution in [0.5, 0.6) is 0 Å². The van der Waals surface area contributed by atoms with Gasteiger partial charge in [-0.3, -0.25) is 4.79 Å². The molecular formula is C21H18N4OS. The van der Waals surface area contributed by atoms with Crippen LogP contribution < -0.4 is 16.0 Å². The molecule has 27 heavy (non-hydrogen) atoms. The van der Waals surface area contributed by atoms with Crippen molar-refractivity contribution >= 4 is 40.0 Å². The summed E-state index contributed by atoms with van der Waals surface area (Å²) in [6, 6.07) is 17.8. The lowest BCUT2D eigenvalue weighted by atomic mass is 9.77. The van der Waals surface area contributed by atoms with Crippen LogP contribution in [0, 0.1) is 0 Å². The minimum atomic E-state index is -0.254. The van der Waals surface area contributed by atoms with Crippen LogP contribution >= 0.6 is 11.3 Å². The molecule has 3 aromatic rings. The number of aliphatic imine (C=N–C) groups is 1. The van der Waals surface area contributed by atoms with Gasteiger partial charge in [0, 0.05) is 16.9 Å². The molecule has 5 rings (SSSR count). The van der Waals surface area contributed by atoms with E-state index in [1.807, 2.05) is 58.8 Å². The first-order valence-corrected chi connectivity index (χ1v) is 9.73. The number of nitrogens with one attached hydrogen (secondary N) is 1. The molecular weight excluding hydrogens is 356 g/mol. The Kier molecular flexibility index (Phi) is 3.81. The fourth-order valence-electron chi connectivity index (χ4n) is 3.64. The number of hydrogen-bond acceptors (Lipinski definition) is 5. The number of benzene rings is 2. The van der Waals surface area contributed by atoms with Crippen LogP contribution in [0.1, 0.15) is 28.8 Å². The molecule has 2 unspecified atom stereocenters. The van der Waals surface area contributed by atoms with Crippen LogP contribution in [-0.2, 0) is 11.2 Å². The molecule has 2 heterocycles. The number of carbonyl (C=O) groups excluding carboxylic acids is 1. The Labute approximate surface area is 161 Å². The van der Waals surface area contributed by atoms with Crippen LogP contribution in [0.25, 0.3) is 0 Å². The number of amides is 1. The quantitative estimate of drug-likeness (QED) is 0.723. The highest BCUT2D eigenvalue weighted by molar-refractivity contribution is 7.14. The standard InChI is InChI=1S/C21H18N4OS/c22-19-17-9-10-27-21(17)23-12-25(19)15-7-5-14(6-8-15)24-20(26)18-11-13-3-1-2-4-16(13)18/h1-10,12,18-19H,11,22H2,(H,24,26). The Balaban J connectivity index is 1.29. The molecule has 2 aromatic carbocycles. The molecule has 1 aliphatic heterocycles. The van der Waals surface area contributed by atoms with Crippen LogP contribution in [0.4, 0.5) is 16.4 Å². The van der Waals surface area contributed by atoms with Crippen molar-refractivity contribution < 1.29 is 4.79 Å². The summed E-state index contributed by atoms with van der Waals surface area (Å²) in [4.78, 5) is 18.9. The van der Waals surface area contributed by atoms with Crippen molar-refractivity contribution in [2.75, 3.05) is 10.2 Å². The maximum Gasteiger partial charge on any atom is 0.232 e. The molecule has 0 spiro atoms. The third-order valence-electron chi connectivity index (χ3n) is 5.20. The van der Waals surface area contributed by atoms with E-state index in [0.717, 1.165) is 33.9 Å². The lowest BCUT2D eigenvalue weighted by Crippen LogP contribution is -2.35. The fraction of sp³-hybridized carbons (Fsp3) is 0.143. The highest BCUT2D eigenvalue weighted by Crippen LogP contribution is 2.38. The molecule has 6 heteroatoms. The number of nitrogens with zero attached hydrogens (tertiary/aromatic N) is 2. The van der Waals surface area contributed by atoms with Crippen LogP contribution in [0.3, 0.4) is 0 Å². The van der Waals surface area contributed by atoms with Crippen molar-refractivity contribution in [1.82, 2.24) is 0 Å². The monoisotopic (exact) mass is 374 g/mol. The van der Waals surface area contributed by atoms with Gasteiger partial charge in [0.2, 0.25) is 5.91 Å². The smallest absolute Gasteiger partial charge is 0.232 e. The van der Waals surface area contributed by atoms with Gasteiger partial charge in [0.05, 0.1) is 12.3 Å². The first-order chi connectivity index (χ1) is 13.2. The molecule has 2 atom stereocenters. The normalized spacial score (nSPS) is 19.8. The average Bonchev–Trinajstić information content (AvgIpc) is 3.14. The molecule has 1 aromatic heterocycles. The van der Waals surface area contributed by atoms with Crippen molar-refractivity contribution in [2.24, 2.45) is 10.7 Å². The van der Waals surface area contributed by atoms with Gasteiger partial charge in [-0.25, -0.2) is 4.99 Å². The van der Waals surface area contributed by atoms with Gasteiger partial charge in [0.1, 0.15) is 11.2 Å². The van der Waals surface area contributed by atoms with Gasteiger partial charge in [0.15, 0.2) is 0 Å². The van der Waals surface area contributed by atoms with Crippen molar-refractivity contribution in [3.05, 3.63) is 76.7 Å². The van der Waals surface area contributed by atoms with Crippen molar-refractivity contribution in [1.29, 1.82) is 0 Å². The van der Waals surface area contributed by atoms with E-state index in [0.29, 0.717) is 0 Å². The molecule has 1 aliphatic carbocycles. The Morgan fingerprint density at radius 2 is 1.93 bits per heavy atom. The number of rotatable bonds is 3. The molecule has 0 saturated carbocycles. The summed E-state index contributed by atoms with van der Waals surface area (Å²) >= 11 is 1.59. The van der Waals surface area contributed by atoms with E-state index in [9.17, 15) is 4.79 Å². The van der Waals surface area contributed by atoms with E-state index >= 15 is 0 Å². The molecule has 0 fully saturated rings. The van der Waals surface area contributed by atoms with Gasteiger partial charge in [0.25, 0.3) is 0 Å². The van der Waals surface area contributed by atoms with Gasteiger partial charge in [-0.05, 0) is 53.3 Å². The Morgan fingerprint density at radius 3 is 2.74 bits per heavy atom. The maximum absolute atomic E-state index is 12.5. The number of nitrogens with two attached hydrogens (primary N) is 1. The largest absolute Gasteiger partial charge is 0.326 e. The highest BCUT2D eigenvalue weighted by atomic mass is 32.1. The van der Waals surface area contributed by atoms with Crippen LogP contribution in [0.15, 0.2) is 65.0 Å². The fourth-order valence-corrected chi connectivity index (χ4v) is 4.42. The van der Waals surface area contributed by atoms with Crippen molar-refractivity contribution in [3.63, 3.8) is 0 Å². The molecule has 2 aliphatic rings. The van der Waals surface area contributed by atoms with E-state index in [1.54, 1.807) is 17.7 Å². The summed E-state index contributed by atoms with van der Waals surface area (Å²) in [7, 11) is 0. The van der Waals surface area contributed by atoms with E-state index < -0.39 is 0 Å². The zero-order valence-electron chi connectivity index (χ0n) is 14.5. The zero-order valence-corrected chi connectivity index (χ0v) is 15.3. The second-order valence-electron chi connectivity index (χ2n) is 6.77. The number of thiophene rings is 1. The predicted molar refractivity (Wildman–Crippen MR) is 110 cm³/mol. The van der Waals surface area contributed by atoms with Gasteiger partial charge in [-0.15, -0.1) is 11.3 Å². The van der Waals surface area contributed by atoms with E-state index in [-0.39, 0.29) is 18.0 Å². The summed E-state index contributed by atoms with van der Waals surface area (Å²) in [6.45, 7) is 0. The van der Waals surface area contributed by atoms with Gasteiger partial charge in [-0.2, -0.15) is 0 Å². The highest BCUT2D eigenvalue weighted by Gasteiger charge is 2.31.